The Hall–Kier alpha value is -2.64. The molecule has 120 valence electrons. The first-order chi connectivity index (χ1) is 11.7. The maximum absolute atomic E-state index is 12.4. The number of carbonyl (C=O) groups excluding carboxylic acids is 1. The van der Waals surface area contributed by atoms with Crippen molar-refractivity contribution in [2.45, 2.75) is 0 Å². The molecule has 8 heteroatoms. The molecule has 0 fully saturated rings. The fourth-order valence-electron chi connectivity index (χ4n) is 2.24. The number of halogens is 1. The van der Waals surface area contributed by atoms with E-state index in [4.69, 9.17) is 21.1 Å². The first-order valence-electron chi connectivity index (χ1n) is 7.00. The van der Waals surface area contributed by atoms with Crippen LogP contribution in [-0.4, -0.2) is 22.9 Å². The maximum atomic E-state index is 12.4. The first-order valence-corrected chi connectivity index (χ1v) is 8.19. The fraction of sp³-hybridized carbons (Fsp3) is 0.0625. The molecule has 0 aliphatic carbocycles. The Bertz CT molecular complexity index is 914. The number of carbonyl (C=O) groups is 1. The number of ether oxygens (including phenoxy) is 2. The first kappa shape index (κ1) is 14.9. The van der Waals surface area contributed by atoms with Gasteiger partial charge in [-0.05, 0) is 12.1 Å². The number of aromatic nitrogens is 2. The molecule has 3 aromatic rings. The molecule has 1 aliphatic heterocycles. The van der Waals surface area contributed by atoms with Gasteiger partial charge in [-0.2, -0.15) is 0 Å². The predicted molar refractivity (Wildman–Crippen MR) is 90.9 cm³/mol. The molecule has 4 rings (SSSR count). The lowest BCUT2D eigenvalue weighted by Gasteiger charge is -2.04. The molecule has 0 atom stereocenters. The molecule has 0 unspecified atom stereocenters. The quantitative estimate of drug-likeness (QED) is 0.769. The third kappa shape index (κ3) is 2.79. The Morgan fingerprint density at radius 2 is 2.00 bits per heavy atom. The largest absolute Gasteiger partial charge is 0.454 e. The molecule has 1 aliphatic rings. The van der Waals surface area contributed by atoms with Crippen molar-refractivity contribution in [2.24, 2.45) is 0 Å². The van der Waals surface area contributed by atoms with Crippen molar-refractivity contribution in [2.75, 3.05) is 12.1 Å². The van der Waals surface area contributed by atoms with Gasteiger partial charge in [0.2, 0.25) is 11.9 Å². The van der Waals surface area contributed by atoms with E-state index in [0.29, 0.717) is 27.2 Å². The normalized spacial score (nSPS) is 12.2. The van der Waals surface area contributed by atoms with Crippen LogP contribution in [0.2, 0.25) is 5.02 Å². The minimum atomic E-state index is -0.342. The van der Waals surface area contributed by atoms with Gasteiger partial charge in [0.15, 0.2) is 11.5 Å². The highest BCUT2D eigenvalue weighted by molar-refractivity contribution is 7.18. The molecule has 0 saturated heterocycles. The molecule has 6 nitrogen and oxygen atoms in total. The van der Waals surface area contributed by atoms with Crippen LogP contribution in [0.4, 0.5) is 5.13 Å². The van der Waals surface area contributed by atoms with Gasteiger partial charge in [-0.15, -0.1) is 10.2 Å². The number of hydrogen-bond donors (Lipinski definition) is 1. The van der Waals surface area contributed by atoms with Crippen LogP contribution >= 0.6 is 22.9 Å². The van der Waals surface area contributed by atoms with E-state index in [-0.39, 0.29) is 12.7 Å². The van der Waals surface area contributed by atoms with Crippen LogP contribution in [0, 0.1) is 0 Å². The van der Waals surface area contributed by atoms with Crippen molar-refractivity contribution in [1.82, 2.24) is 10.2 Å². The summed E-state index contributed by atoms with van der Waals surface area (Å²) < 4.78 is 10.5. The summed E-state index contributed by atoms with van der Waals surface area (Å²) in [7, 11) is 0. The van der Waals surface area contributed by atoms with E-state index < -0.39 is 0 Å². The number of nitrogens with one attached hydrogen (secondary N) is 1. The zero-order valence-electron chi connectivity index (χ0n) is 12.2. The van der Waals surface area contributed by atoms with E-state index in [0.717, 1.165) is 10.6 Å². The summed E-state index contributed by atoms with van der Waals surface area (Å²) in [5.74, 6) is 0.566. The number of anilines is 1. The summed E-state index contributed by atoms with van der Waals surface area (Å²) in [6.07, 6.45) is 0. The lowest BCUT2D eigenvalue weighted by molar-refractivity contribution is 0.102. The van der Waals surface area contributed by atoms with Crippen molar-refractivity contribution in [3.8, 4) is 22.1 Å². The highest BCUT2D eigenvalue weighted by atomic mass is 35.5. The fourth-order valence-corrected chi connectivity index (χ4v) is 3.25. The van der Waals surface area contributed by atoms with Gasteiger partial charge in [0.05, 0.1) is 5.02 Å². The second kappa shape index (κ2) is 6.10. The number of fused-ring (bicyclic) bond motifs is 1. The molecule has 1 N–H and O–H groups in total. The minimum absolute atomic E-state index is 0.0942. The predicted octanol–water partition coefficient (Wildman–Crippen LogP) is 3.84. The molecule has 2 aromatic carbocycles. The summed E-state index contributed by atoms with van der Waals surface area (Å²) in [5, 5.41) is 12.3. The lowest BCUT2D eigenvalue weighted by Crippen LogP contribution is -2.11. The Kier molecular flexibility index (Phi) is 3.79. The van der Waals surface area contributed by atoms with Gasteiger partial charge in [-0.3, -0.25) is 10.1 Å². The second-order valence-corrected chi connectivity index (χ2v) is 6.31. The number of amides is 1. The van der Waals surface area contributed by atoms with Gasteiger partial charge in [0.25, 0.3) is 5.91 Å². The minimum Gasteiger partial charge on any atom is -0.454 e. The van der Waals surface area contributed by atoms with Crippen LogP contribution in [0.15, 0.2) is 42.5 Å². The van der Waals surface area contributed by atoms with Crippen LogP contribution in [0.5, 0.6) is 11.5 Å². The van der Waals surface area contributed by atoms with E-state index in [9.17, 15) is 4.79 Å². The van der Waals surface area contributed by atoms with Crippen LogP contribution in [0.25, 0.3) is 10.6 Å². The SMILES string of the molecule is O=C(Nc1nnc(-c2ccccc2)s1)c1cc(Cl)c2c(c1)OCO2. The Morgan fingerprint density at radius 1 is 1.17 bits per heavy atom. The van der Waals surface area contributed by atoms with Gasteiger partial charge < -0.3 is 9.47 Å². The number of hydrogen-bond acceptors (Lipinski definition) is 6. The highest BCUT2D eigenvalue weighted by Gasteiger charge is 2.21. The average Bonchev–Trinajstić information content (AvgIpc) is 3.25. The Labute approximate surface area is 146 Å². The molecule has 24 heavy (non-hydrogen) atoms. The third-order valence-corrected chi connectivity index (χ3v) is 4.52. The van der Waals surface area contributed by atoms with Crippen LogP contribution in [0.3, 0.4) is 0 Å². The monoisotopic (exact) mass is 359 g/mol. The van der Waals surface area contributed by atoms with Gasteiger partial charge in [-0.1, -0.05) is 53.3 Å². The van der Waals surface area contributed by atoms with Gasteiger partial charge >= 0.3 is 0 Å². The molecule has 0 bridgehead atoms. The lowest BCUT2D eigenvalue weighted by atomic mass is 10.2. The molecule has 1 amide bonds. The summed E-state index contributed by atoms with van der Waals surface area (Å²) in [6.45, 7) is 0.0942. The van der Waals surface area contributed by atoms with Crippen molar-refractivity contribution in [3.05, 3.63) is 53.1 Å². The highest BCUT2D eigenvalue weighted by Crippen LogP contribution is 2.40. The topological polar surface area (TPSA) is 73.3 Å². The Balaban J connectivity index is 1.55. The molecular formula is C16H10ClN3O3S. The molecule has 0 radical (unpaired) electrons. The van der Waals surface area contributed by atoms with E-state index in [1.54, 1.807) is 6.07 Å². The van der Waals surface area contributed by atoms with Crippen molar-refractivity contribution in [3.63, 3.8) is 0 Å². The zero-order valence-corrected chi connectivity index (χ0v) is 13.7. The van der Waals surface area contributed by atoms with E-state index in [1.807, 2.05) is 30.3 Å². The van der Waals surface area contributed by atoms with Gasteiger partial charge in [0, 0.05) is 11.1 Å². The zero-order chi connectivity index (χ0) is 16.5. The van der Waals surface area contributed by atoms with Crippen molar-refractivity contribution >= 4 is 34.0 Å². The molecule has 0 spiro atoms. The number of benzene rings is 2. The molecular weight excluding hydrogens is 350 g/mol. The average molecular weight is 360 g/mol. The maximum Gasteiger partial charge on any atom is 0.257 e. The smallest absolute Gasteiger partial charge is 0.257 e. The van der Waals surface area contributed by atoms with Crippen molar-refractivity contribution in [1.29, 1.82) is 0 Å². The van der Waals surface area contributed by atoms with Crippen molar-refractivity contribution < 1.29 is 14.3 Å². The third-order valence-electron chi connectivity index (χ3n) is 3.36. The van der Waals surface area contributed by atoms with Crippen LogP contribution in [0.1, 0.15) is 10.4 Å². The van der Waals surface area contributed by atoms with Crippen LogP contribution < -0.4 is 14.8 Å². The molecule has 2 heterocycles. The Morgan fingerprint density at radius 3 is 2.83 bits per heavy atom. The van der Waals surface area contributed by atoms with Gasteiger partial charge in [-0.25, -0.2) is 0 Å². The van der Waals surface area contributed by atoms with E-state index >= 15 is 0 Å². The summed E-state index contributed by atoms with van der Waals surface area (Å²) in [6, 6.07) is 12.8. The standard InChI is InChI=1S/C16H10ClN3O3S/c17-11-6-10(7-12-13(11)23-8-22-12)14(21)18-16-20-19-15(24-16)9-4-2-1-3-5-9/h1-7H,8H2,(H,18,20,21). The second-order valence-electron chi connectivity index (χ2n) is 4.92. The summed E-state index contributed by atoms with van der Waals surface area (Å²) in [5.41, 5.74) is 1.31. The van der Waals surface area contributed by atoms with E-state index in [1.165, 1.54) is 17.4 Å². The summed E-state index contributed by atoms with van der Waals surface area (Å²) >= 11 is 7.39. The van der Waals surface area contributed by atoms with Gasteiger partial charge in [0.1, 0.15) is 5.01 Å². The molecule has 1 aromatic heterocycles. The number of nitrogens with zero attached hydrogens (tertiary/aromatic N) is 2. The van der Waals surface area contributed by atoms with Crippen LogP contribution in [-0.2, 0) is 0 Å². The summed E-state index contributed by atoms with van der Waals surface area (Å²) in [4.78, 5) is 12.4. The van der Waals surface area contributed by atoms with E-state index in [2.05, 4.69) is 15.5 Å². The molecule has 0 saturated carbocycles. The number of rotatable bonds is 3.